The van der Waals surface area contributed by atoms with E-state index < -0.39 is 0 Å². The Bertz CT molecular complexity index is 784. The number of aliphatic imine (C=N–C) groups is 1. The summed E-state index contributed by atoms with van der Waals surface area (Å²) in [6.45, 7) is 5.01. The van der Waals surface area contributed by atoms with Crippen LogP contribution in [-0.4, -0.2) is 31.3 Å². The molecule has 1 amide bonds. The predicted molar refractivity (Wildman–Crippen MR) is 97.2 cm³/mol. The summed E-state index contributed by atoms with van der Waals surface area (Å²) in [6.07, 6.45) is 1.84. The van der Waals surface area contributed by atoms with Crippen molar-refractivity contribution >= 4 is 23.5 Å². The van der Waals surface area contributed by atoms with Gasteiger partial charge in [0, 0.05) is 29.6 Å². The van der Waals surface area contributed by atoms with Gasteiger partial charge in [-0.3, -0.25) is 9.79 Å². The molecule has 0 saturated carbocycles. The lowest BCUT2D eigenvalue weighted by molar-refractivity contribution is 0.0987. The Hall–Kier alpha value is -2.82. The molecule has 0 aromatic heterocycles. The minimum absolute atomic E-state index is 0.0608. The minimum atomic E-state index is -0.0688. The molecule has 2 aromatic carbocycles. The topological polar surface area (TPSA) is 67.9 Å². The van der Waals surface area contributed by atoms with Crippen LogP contribution in [-0.2, 0) is 0 Å². The van der Waals surface area contributed by atoms with E-state index in [4.69, 9.17) is 10.5 Å². The summed E-state index contributed by atoms with van der Waals surface area (Å²) in [5.74, 6) is 0.625. The second kappa shape index (κ2) is 6.74. The fourth-order valence-corrected chi connectivity index (χ4v) is 2.70. The summed E-state index contributed by atoms with van der Waals surface area (Å²) >= 11 is 0. The van der Waals surface area contributed by atoms with E-state index in [1.165, 1.54) is 0 Å². The summed E-state index contributed by atoms with van der Waals surface area (Å²) in [4.78, 5) is 19.1. The van der Waals surface area contributed by atoms with Crippen molar-refractivity contribution < 1.29 is 9.53 Å². The van der Waals surface area contributed by atoms with Gasteiger partial charge < -0.3 is 15.4 Å². The number of ether oxygens (including phenoxy) is 1. The zero-order chi connectivity index (χ0) is 17.1. The predicted octanol–water partition coefficient (Wildman–Crippen LogP) is 3.14. The fourth-order valence-electron chi connectivity index (χ4n) is 2.70. The van der Waals surface area contributed by atoms with Crippen molar-refractivity contribution in [2.75, 3.05) is 23.7 Å². The molecule has 3 rings (SSSR count). The van der Waals surface area contributed by atoms with Crippen LogP contribution in [0.1, 0.15) is 29.8 Å². The lowest BCUT2D eigenvalue weighted by atomic mass is 10.1. The van der Waals surface area contributed by atoms with Crippen LogP contribution >= 0.6 is 0 Å². The average Bonchev–Trinajstić information content (AvgIpc) is 2.75. The van der Waals surface area contributed by atoms with Gasteiger partial charge in [0.25, 0.3) is 5.91 Å². The van der Waals surface area contributed by atoms with Crippen molar-refractivity contribution in [3.63, 3.8) is 0 Å². The zero-order valence-corrected chi connectivity index (χ0v) is 13.9. The van der Waals surface area contributed by atoms with E-state index in [-0.39, 0.29) is 12.0 Å². The number of benzodiazepines with no additional fused rings is 1. The fraction of sp³-hybridized carbons (Fsp3) is 0.263. The van der Waals surface area contributed by atoms with E-state index in [1.807, 2.05) is 38.1 Å². The smallest absolute Gasteiger partial charge is 0.258 e. The Morgan fingerprint density at radius 1 is 1.25 bits per heavy atom. The highest BCUT2D eigenvalue weighted by atomic mass is 16.5. The van der Waals surface area contributed by atoms with Crippen LogP contribution in [0.2, 0.25) is 0 Å². The molecule has 24 heavy (non-hydrogen) atoms. The van der Waals surface area contributed by atoms with Gasteiger partial charge >= 0.3 is 0 Å². The number of benzene rings is 2. The molecule has 0 fully saturated rings. The van der Waals surface area contributed by atoms with Crippen molar-refractivity contribution in [1.29, 1.82) is 0 Å². The van der Waals surface area contributed by atoms with Gasteiger partial charge in [-0.15, -0.1) is 0 Å². The van der Waals surface area contributed by atoms with E-state index in [0.717, 1.165) is 11.3 Å². The van der Waals surface area contributed by atoms with Crippen LogP contribution in [0.15, 0.2) is 47.5 Å². The van der Waals surface area contributed by atoms with Gasteiger partial charge in [0.2, 0.25) is 0 Å². The number of fused-ring (bicyclic) bond motifs is 1. The lowest BCUT2D eigenvalue weighted by Gasteiger charge is -2.23. The van der Waals surface area contributed by atoms with Crippen LogP contribution in [0.4, 0.5) is 11.4 Å². The van der Waals surface area contributed by atoms with Crippen LogP contribution in [0.5, 0.6) is 5.75 Å². The van der Waals surface area contributed by atoms with E-state index in [0.29, 0.717) is 30.1 Å². The highest BCUT2D eigenvalue weighted by molar-refractivity contribution is 6.09. The highest BCUT2D eigenvalue weighted by Gasteiger charge is 2.21. The zero-order valence-electron chi connectivity index (χ0n) is 13.9. The lowest BCUT2D eigenvalue weighted by Crippen LogP contribution is -2.33. The van der Waals surface area contributed by atoms with Crippen molar-refractivity contribution in [3.05, 3.63) is 53.6 Å². The Kier molecular flexibility index (Phi) is 4.51. The number of rotatable bonds is 3. The van der Waals surface area contributed by atoms with Gasteiger partial charge in [0.1, 0.15) is 5.75 Å². The second-order valence-corrected chi connectivity index (χ2v) is 6.00. The molecular formula is C19H21N3O2. The summed E-state index contributed by atoms with van der Waals surface area (Å²) in [6, 6.07) is 12.8. The van der Waals surface area contributed by atoms with Crippen molar-refractivity contribution in [2.24, 2.45) is 4.99 Å². The third kappa shape index (κ3) is 3.40. The summed E-state index contributed by atoms with van der Waals surface area (Å²) in [5.41, 5.74) is 8.78. The molecule has 5 heteroatoms. The Balaban J connectivity index is 1.94. The molecule has 0 saturated heterocycles. The molecule has 2 N–H and O–H groups in total. The normalized spacial score (nSPS) is 13.5. The summed E-state index contributed by atoms with van der Waals surface area (Å²) < 4.78 is 5.69. The third-order valence-corrected chi connectivity index (χ3v) is 3.72. The number of nitrogens with two attached hydrogens (primary N) is 1. The quantitative estimate of drug-likeness (QED) is 0.882. The standard InChI is InChI=1S/C19H21N3O2/c1-13(2)24-17-5-3-4-14(11-17)19(23)22-9-8-21-12-15-10-16(20)6-7-18(15)22/h3-7,10-13H,8-9,20H2,1-2H3. The maximum Gasteiger partial charge on any atom is 0.258 e. The molecule has 1 heterocycles. The van der Waals surface area contributed by atoms with Gasteiger partial charge in [-0.25, -0.2) is 0 Å². The molecule has 0 radical (unpaired) electrons. The Morgan fingerprint density at radius 3 is 2.88 bits per heavy atom. The molecule has 0 aliphatic carbocycles. The molecule has 1 aliphatic heterocycles. The first kappa shape index (κ1) is 16.1. The average molecular weight is 323 g/mol. The number of amides is 1. The highest BCUT2D eigenvalue weighted by Crippen LogP contribution is 2.26. The summed E-state index contributed by atoms with van der Waals surface area (Å²) in [7, 11) is 0. The van der Waals surface area contributed by atoms with E-state index in [9.17, 15) is 4.79 Å². The molecule has 124 valence electrons. The number of nitrogen functional groups attached to an aromatic ring is 1. The number of carbonyl (C=O) groups excluding carboxylic acids is 1. The van der Waals surface area contributed by atoms with Crippen LogP contribution in [0.3, 0.4) is 0 Å². The van der Waals surface area contributed by atoms with Crippen LogP contribution in [0, 0.1) is 0 Å². The van der Waals surface area contributed by atoms with E-state index >= 15 is 0 Å². The van der Waals surface area contributed by atoms with E-state index in [2.05, 4.69) is 4.99 Å². The van der Waals surface area contributed by atoms with Gasteiger partial charge in [0.05, 0.1) is 18.3 Å². The number of carbonyl (C=O) groups is 1. The third-order valence-electron chi connectivity index (χ3n) is 3.72. The Morgan fingerprint density at radius 2 is 2.08 bits per heavy atom. The van der Waals surface area contributed by atoms with Crippen molar-refractivity contribution in [3.8, 4) is 5.75 Å². The first-order valence-corrected chi connectivity index (χ1v) is 8.02. The van der Waals surface area contributed by atoms with Crippen molar-refractivity contribution in [2.45, 2.75) is 20.0 Å². The molecule has 5 nitrogen and oxygen atoms in total. The first-order valence-electron chi connectivity index (χ1n) is 8.02. The minimum Gasteiger partial charge on any atom is -0.491 e. The summed E-state index contributed by atoms with van der Waals surface area (Å²) in [5, 5.41) is 0. The Labute approximate surface area is 141 Å². The van der Waals surface area contributed by atoms with Gasteiger partial charge in [-0.05, 0) is 50.2 Å². The van der Waals surface area contributed by atoms with Crippen LogP contribution < -0.4 is 15.4 Å². The maximum atomic E-state index is 13.0. The molecule has 0 unspecified atom stereocenters. The molecule has 0 spiro atoms. The van der Waals surface area contributed by atoms with E-state index in [1.54, 1.807) is 29.3 Å². The largest absolute Gasteiger partial charge is 0.491 e. The SMILES string of the molecule is CC(C)Oc1cccc(C(=O)N2CCN=Cc3cc(N)ccc32)c1. The number of hydrogen-bond donors (Lipinski definition) is 1. The van der Waals surface area contributed by atoms with Crippen molar-refractivity contribution in [1.82, 2.24) is 0 Å². The monoisotopic (exact) mass is 323 g/mol. The van der Waals surface area contributed by atoms with Gasteiger partial charge in [-0.1, -0.05) is 6.07 Å². The molecule has 0 atom stereocenters. The molecule has 2 aromatic rings. The second-order valence-electron chi connectivity index (χ2n) is 6.00. The number of hydrogen-bond acceptors (Lipinski definition) is 4. The molecule has 0 bridgehead atoms. The van der Waals surface area contributed by atoms with Gasteiger partial charge in [-0.2, -0.15) is 0 Å². The first-order chi connectivity index (χ1) is 11.5. The van der Waals surface area contributed by atoms with Crippen LogP contribution in [0.25, 0.3) is 0 Å². The molecular weight excluding hydrogens is 302 g/mol. The number of nitrogens with zero attached hydrogens (tertiary/aromatic N) is 2. The number of anilines is 2. The molecule has 1 aliphatic rings. The van der Waals surface area contributed by atoms with Gasteiger partial charge in [0.15, 0.2) is 0 Å². The maximum absolute atomic E-state index is 13.0.